The SMILES string of the molecule is Cc1cc(Cl)c(NCc2csnn2)c2cccnc12. The van der Waals surface area contributed by atoms with E-state index in [-0.39, 0.29) is 0 Å². The Balaban J connectivity index is 2.02. The maximum absolute atomic E-state index is 6.32. The van der Waals surface area contributed by atoms with E-state index in [9.17, 15) is 0 Å². The molecule has 0 amide bonds. The summed E-state index contributed by atoms with van der Waals surface area (Å²) in [6.07, 6.45) is 1.79. The summed E-state index contributed by atoms with van der Waals surface area (Å²) in [4.78, 5) is 4.40. The number of aryl methyl sites for hydroxylation is 1. The van der Waals surface area contributed by atoms with E-state index in [1.807, 2.05) is 30.5 Å². The molecule has 0 aliphatic heterocycles. The fourth-order valence-electron chi connectivity index (χ4n) is 2.00. The number of pyridine rings is 1. The van der Waals surface area contributed by atoms with Gasteiger partial charge < -0.3 is 5.32 Å². The van der Waals surface area contributed by atoms with E-state index in [4.69, 9.17) is 11.6 Å². The van der Waals surface area contributed by atoms with Crippen LogP contribution in [-0.2, 0) is 6.54 Å². The molecule has 0 spiro atoms. The van der Waals surface area contributed by atoms with Gasteiger partial charge in [-0.2, -0.15) is 0 Å². The van der Waals surface area contributed by atoms with Crippen molar-refractivity contribution in [2.45, 2.75) is 13.5 Å². The van der Waals surface area contributed by atoms with Gasteiger partial charge in [-0.05, 0) is 42.2 Å². The summed E-state index contributed by atoms with van der Waals surface area (Å²) in [5, 5.41) is 11.0. The molecule has 0 radical (unpaired) electrons. The highest BCUT2D eigenvalue weighted by Crippen LogP contribution is 2.32. The third-order valence-electron chi connectivity index (χ3n) is 2.88. The minimum absolute atomic E-state index is 0.600. The lowest BCUT2D eigenvalue weighted by molar-refractivity contribution is 1.000. The van der Waals surface area contributed by atoms with Gasteiger partial charge in [-0.25, -0.2) is 0 Å². The summed E-state index contributed by atoms with van der Waals surface area (Å²) in [5.41, 5.74) is 3.83. The van der Waals surface area contributed by atoms with Gasteiger partial charge in [0.05, 0.1) is 28.5 Å². The van der Waals surface area contributed by atoms with Gasteiger partial charge in [0.25, 0.3) is 0 Å². The molecule has 0 unspecified atom stereocenters. The van der Waals surface area contributed by atoms with Crippen LogP contribution in [0.1, 0.15) is 11.3 Å². The van der Waals surface area contributed by atoms with Gasteiger partial charge in [-0.3, -0.25) is 4.98 Å². The Hall–Kier alpha value is -1.72. The quantitative estimate of drug-likeness (QED) is 0.800. The van der Waals surface area contributed by atoms with Crippen molar-refractivity contribution in [3.63, 3.8) is 0 Å². The van der Waals surface area contributed by atoms with Gasteiger partial charge in [0.2, 0.25) is 0 Å². The number of hydrogen-bond donors (Lipinski definition) is 1. The van der Waals surface area contributed by atoms with Gasteiger partial charge in [-0.15, -0.1) is 5.10 Å². The number of nitrogens with zero attached hydrogens (tertiary/aromatic N) is 3. The third kappa shape index (κ3) is 2.39. The molecule has 0 fully saturated rings. The molecule has 1 aromatic carbocycles. The number of fused-ring (bicyclic) bond motifs is 1. The maximum atomic E-state index is 6.32. The zero-order valence-corrected chi connectivity index (χ0v) is 11.8. The second-order valence-electron chi connectivity index (χ2n) is 4.20. The van der Waals surface area contributed by atoms with Crippen molar-refractivity contribution in [3.8, 4) is 0 Å². The molecule has 0 saturated carbocycles. The average molecular weight is 291 g/mol. The zero-order chi connectivity index (χ0) is 13.2. The normalized spacial score (nSPS) is 10.8. The van der Waals surface area contributed by atoms with Gasteiger partial charge in [0.1, 0.15) is 0 Å². The molecule has 0 atom stereocenters. The Morgan fingerprint density at radius 1 is 1.42 bits per heavy atom. The Kier molecular flexibility index (Phi) is 3.31. The first-order chi connectivity index (χ1) is 9.25. The fraction of sp³-hybridized carbons (Fsp3) is 0.154. The highest BCUT2D eigenvalue weighted by Gasteiger charge is 2.09. The van der Waals surface area contributed by atoms with Crippen molar-refractivity contribution in [1.29, 1.82) is 0 Å². The summed E-state index contributed by atoms with van der Waals surface area (Å²) in [7, 11) is 0. The first-order valence-corrected chi connectivity index (χ1v) is 7.01. The van der Waals surface area contributed by atoms with Crippen LogP contribution in [0.5, 0.6) is 0 Å². The summed E-state index contributed by atoms with van der Waals surface area (Å²) < 4.78 is 3.84. The van der Waals surface area contributed by atoms with Crippen LogP contribution >= 0.6 is 23.1 Å². The molecule has 0 aliphatic rings. The molecule has 19 heavy (non-hydrogen) atoms. The van der Waals surface area contributed by atoms with E-state index in [2.05, 4.69) is 19.9 Å². The maximum Gasteiger partial charge on any atom is 0.0946 e. The van der Waals surface area contributed by atoms with Crippen molar-refractivity contribution >= 4 is 39.7 Å². The Bertz CT molecular complexity index is 712. The summed E-state index contributed by atoms with van der Waals surface area (Å²) in [6, 6.07) is 5.86. The molecule has 2 aromatic heterocycles. The van der Waals surface area contributed by atoms with Gasteiger partial charge >= 0.3 is 0 Å². The Labute approximate surface area is 119 Å². The monoisotopic (exact) mass is 290 g/mol. The van der Waals surface area contributed by atoms with Crippen LogP contribution in [0.15, 0.2) is 29.8 Å². The van der Waals surface area contributed by atoms with E-state index in [0.29, 0.717) is 11.6 Å². The van der Waals surface area contributed by atoms with Crippen molar-refractivity contribution in [2.24, 2.45) is 0 Å². The van der Waals surface area contributed by atoms with E-state index in [0.717, 1.165) is 27.8 Å². The standard InChI is InChI=1S/C13H11ClN4S/c1-8-5-11(14)13(10-3-2-4-15-12(8)10)16-6-9-7-19-18-17-9/h2-5,7,16H,6H2,1H3. The highest BCUT2D eigenvalue weighted by molar-refractivity contribution is 7.03. The lowest BCUT2D eigenvalue weighted by Gasteiger charge is -2.12. The molecule has 1 N–H and O–H groups in total. The molecule has 0 aliphatic carbocycles. The number of nitrogens with one attached hydrogen (secondary N) is 1. The summed E-state index contributed by atoms with van der Waals surface area (Å²) >= 11 is 7.66. The number of benzene rings is 1. The average Bonchev–Trinajstić information content (AvgIpc) is 2.92. The molecule has 3 rings (SSSR count). The first-order valence-electron chi connectivity index (χ1n) is 5.79. The zero-order valence-electron chi connectivity index (χ0n) is 10.2. The number of aromatic nitrogens is 3. The first kappa shape index (κ1) is 12.3. The van der Waals surface area contributed by atoms with Crippen LogP contribution < -0.4 is 5.32 Å². The molecular weight excluding hydrogens is 280 g/mol. The summed E-state index contributed by atoms with van der Waals surface area (Å²) in [6.45, 7) is 2.61. The minimum atomic E-state index is 0.600. The third-order valence-corrected chi connectivity index (χ3v) is 3.74. The second kappa shape index (κ2) is 5.11. The Morgan fingerprint density at radius 3 is 3.11 bits per heavy atom. The largest absolute Gasteiger partial charge is 0.378 e. The molecule has 0 saturated heterocycles. The van der Waals surface area contributed by atoms with Gasteiger partial charge in [0.15, 0.2) is 0 Å². The lowest BCUT2D eigenvalue weighted by Crippen LogP contribution is -2.02. The molecule has 6 heteroatoms. The van der Waals surface area contributed by atoms with Crippen LogP contribution in [0.25, 0.3) is 10.9 Å². The predicted octanol–water partition coefficient (Wildman–Crippen LogP) is 3.66. The minimum Gasteiger partial charge on any atom is -0.378 e. The van der Waals surface area contributed by atoms with E-state index in [1.54, 1.807) is 6.20 Å². The molecule has 0 bridgehead atoms. The summed E-state index contributed by atoms with van der Waals surface area (Å²) in [5.74, 6) is 0. The van der Waals surface area contributed by atoms with Crippen molar-refractivity contribution < 1.29 is 0 Å². The van der Waals surface area contributed by atoms with Crippen LogP contribution in [-0.4, -0.2) is 14.6 Å². The lowest BCUT2D eigenvalue weighted by atomic mass is 10.1. The molecule has 3 aromatic rings. The van der Waals surface area contributed by atoms with Crippen LogP contribution in [0.4, 0.5) is 5.69 Å². The van der Waals surface area contributed by atoms with Crippen LogP contribution in [0.3, 0.4) is 0 Å². The van der Waals surface area contributed by atoms with Crippen LogP contribution in [0.2, 0.25) is 5.02 Å². The van der Waals surface area contributed by atoms with E-state index < -0.39 is 0 Å². The molecular formula is C13H11ClN4S. The van der Waals surface area contributed by atoms with Crippen molar-refractivity contribution in [1.82, 2.24) is 14.6 Å². The number of hydrogen-bond acceptors (Lipinski definition) is 5. The van der Waals surface area contributed by atoms with Crippen molar-refractivity contribution in [3.05, 3.63) is 46.1 Å². The molecule has 96 valence electrons. The Morgan fingerprint density at radius 2 is 2.32 bits per heavy atom. The number of anilines is 1. The second-order valence-corrected chi connectivity index (χ2v) is 5.22. The topological polar surface area (TPSA) is 50.7 Å². The van der Waals surface area contributed by atoms with E-state index >= 15 is 0 Å². The van der Waals surface area contributed by atoms with Gasteiger partial charge in [-0.1, -0.05) is 16.1 Å². The number of halogens is 1. The smallest absolute Gasteiger partial charge is 0.0946 e. The van der Waals surface area contributed by atoms with Crippen LogP contribution in [0, 0.1) is 6.92 Å². The van der Waals surface area contributed by atoms with E-state index in [1.165, 1.54) is 11.5 Å². The molecule has 2 heterocycles. The van der Waals surface area contributed by atoms with Crippen molar-refractivity contribution in [2.75, 3.05) is 5.32 Å². The fourth-order valence-corrected chi connectivity index (χ4v) is 2.78. The predicted molar refractivity (Wildman–Crippen MR) is 78.7 cm³/mol. The van der Waals surface area contributed by atoms with Gasteiger partial charge in [0, 0.05) is 17.0 Å². The highest BCUT2D eigenvalue weighted by atomic mass is 35.5. The molecule has 4 nitrogen and oxygen atoms in total. The number of rotatable bonds is 3.